The molecule has 2 aromatic rings. The average Bonchev–Trinajstić information content (AvgIpc) is 2.94. The first-order valence-electron chi connectivity index (χ1n) is 9.18. The smallest absolute Gasteiger partial charge is 0.325 e. The van der Waals surface area contributed by atoms with Gasteiger partial charge in [-0.25, -0.2) is 13.6 Å². The molecular formula is C21H21F2N3O3. The van der Waals surface area contributed by atoms with Crippen LogP contribution in [0.15, 0.2) is 42.5 Å². The van der Waals surface area contributed by atoms with Gasteiger partial charge in [0.25, 0.3) is 5.91 Å². The highest BCUT2D eigenvalue weighted by Crippen LogP contribution is 2.32. The highest BCUT2D eigenvalue weighted by molar-refractivity contribution is 6.09. The molecule has 3 rings (SSSR count). The van der Waals surface area contributed by atoms with Crippen molar-refractivity contribution in [3.63, 3.8) is 0 Å². The molecule has 0 aliphatic carbocycles. The van der Waals surface area contributed by atoms with E-state index in [1.54, 1.807) is 26.0 Å². The van der Waals surface area contributed by atoms with E-state index in [4.69, 9.17) is 0 Å². The second-order valence-corrected chi connectivity index (χ2v) is 6.95. The molecule has 1 unspecified atom stereocenters. The summed E-state index contributed by atoms with van der Waals surface area (Å²) in [6.07, 6.45) is 0.240. The van der Waals surface area contributed by atoms with Crippen molar-refractivity contribution in [1.29, 1.82) is 0 Å². The fourth-order valence-corrected chi connectivity index (χ4v) is 3.29. The van der Waals surface area contributed by atoms with E-state index in [1.807, 2.05) is 0 Å². The van der Waals surface area contributed by atoms with Gasteiger partial charge in [0.05, 0.1) is 0 Å². The first-order valence-corrected chi connectivity index (χ1v) is 9.18. The van der Waals surface area contributed by atoms with E-state index in [9.17, 15) is 23.2 Å². The number of halogens is 2. The van der Waals surface area contributed by atoms with Crippen LogP contribution in [-0.4, -0.2) is 29.3 Å². The van der Waals surface area contributed by atoms with Crippen LogP contribution in [-0.2, 0) is 21.7 Å². The Morgan fingerprint density at radius 1 is 1.14 bits per heavy atom. The van der Waals surface area contributed by atoms with Gasteiger partial charge in [0, 0.05) is 6.54 Å². The molecule has 2 aromatic carbocycles. The Balaban J connectivity index is 1.69. The number of nitrogens with one attached hydrogen (secondary N) is 2. The number of rotatable bonds is 6. The summed E-state index contributed by atoms with van der Waals surface area (Å²) < 4.78 is 26.8. The van der Waals surface area contributed by atoms with Crippen molar-refractivity contribution >= 4 is 17.8 Å². The minimum absolute atomic E-state index is 0.0660. The largest absolute Gasteiger partial charge is 0.350 e. The number of amides is 4. The van der Waals surface area contributed by atoms with Gasteiger partial charge in [0.15, 0.2) is 0 Å². The van der Waals surface area contributed by atoms with E-state index >= 15 is 0 Å². The molecule has 0 bridgehead atoms. The van der Waals surface area contributed by atoms with E-state index in [0.29, 0.717) is 16.7 Å². The quantitative estimate of drug-likeness (QED) is 0.731. The minimum Gasteiger partial charge on any atom is -0.350 e. The van der Waals surface area contributed by atoms with E-state index in [0.717, 1.165) is 4.90 Å². The van der Waals surface area contributed by atoms with Crippen molar-refractivity contribution in [3.8, 4) is 0 Å². The van der Waals surface area contributed by atoms with Crippen molar-refractivity contribution < 1.29 is 23.2 Å². The van der Waals surface area contributed by atoms with Gasteiger partial charge in [-0.1, -0.05) is 31.2 Å². The van der Waals surface area contributed by atoms with Gasteiger partial charge in [-0.3, -0.25) is 14.5 Å². The topological polar surface area (TPSA) is 78.5 Å². The Morgan fingerprint density at radius 2 is 1.83 bits per heavy atom. The maximum atomic E-state index is 13.6. The zero-order valence-electron chi connectivity index (χ0n) is 16.1. The molecule has 6 nitrogen and oxygen atoms in total. The average molecular weight is 401 g/mol. The van der Waals surface area contributed by atoms with Crippen LogP contribution in [0.3, 0.4) is 0 Å². The number of hydrogen-bond donors (Lipinski definition) is 2. The molecular weight excluding hydrogens is 380 g/mol. The Morgan fingerprint density at radius 3 is 2.45 bits per heavy atom. The zero-order chi connectivity index (χ0) is 21.2. The van der Waals surface area contributed by atoms with Crippen LogP contribution in [0.5, 0.6) is 0 Å². The molecule has 8 heteroatoms. The second kappa shape index (κ2) is 7.98. The summed E-state index contributed by atoms with van der Waals surface area (Å²) in [5, 5.41) is 5.21. The van der Waals surface area contributed by atoms with E-state index in [1.165, 1.54) is 30.3 Å². The molecule has 2 N–H and O–H groups in total. The molecule has 1 fully saturated rings. The van der Waals surface area contributed by atoms with Crippen molar-refractivity contribution in [2.45, 2.75) is 32.4 Å². The lowest BCUT2D eigenvalue weighted by Gasteiger charge is -2.25. The SMILES string of the molecule is CCC1(c2ccc(F)cc2)NC(=O)N(CC(=O)NCc2ccc(C)c(F)c2)C1=O. The van der Waals surface area contributed by atoms with Gasteiger partial charge >= 0.3 is 6.03 Å². The first kappa shape index (κ1) is 20.4. The molecule has 0 aromatic heterocycles. The standard InChI is InChI=1S/C21H21F2N3O3/c1-3-21(15-6-8-16(22)9-7-15)19(28)26(20(29)25-21)12-18(27)24-11-14-5-4-13(2)17(23)10-14/h4-10H,3,11-12H2,1-2H3,(H,24,27)(H,25,29). The fraction of sp³-hybridized carbons (Fsp3) is 0.286. The Labute approximate surface area is 166 Å². The summed E-state index contributed by atoms with van der Waals surface area (Å²) in [6.45, 7) is 2.95. The predicted octanol–water partition coefficient (Wildman–Crippen LogP) is 2.75. The van der Waals surface area contributed by atoms with Gasteiger partial charge < -0.3 is 10.6 Å². The van der Waals surface area contributed by atoms with Crippen molar-refractivity contribution in [3.05, 3.63) is 70.8 Å². The molecule has 1 atom stereocenters. The maximum absolute atomic E-state index is 13.6. The van der Waals surface area contributed by atoms with Crippen LogP contribution in [0.25, 0.3) is 0 Å². The highest BCUT2D eigenvalue weighted by atomic mass is 19.1. The number of imide groups is 1. The van der Waals surface area contributed by atoms with Crippen LogP contribution in [0.4, 0.5) is 13.6 Å². The number of aryl methyl sites for hydroxylation is 1. The van der Waals surface area contributed by atoms with Crippen molar-refractivity contribution in [1.82, 2.24) is 15.5 Å². The molecule has 0 spiro atoms. The van der Waals surface area contributed by atoms with Crippen LogP contribution < -0.4 is 10.6 Å². The van der Waals surface area contributed by atoms with Gasteiger partial charge in [0.1, 0.15) is 23.7 Å². The molecule has 29 heavy (non-hydrogen) atoms. The maximum Gasteiger partial charge on any atom is 0.325 e. The van der Waals surface area contributed by atoms with Gasteiger partial charge in [-0.2, -0.15) is 0 Å². The summed E-state index contributed by atoms with van der Waals surface area (Å²) in [4.78, 5) is 38.4. The zero-order valence-corrected chi connectivity index (χ0v) is 16.1. The molecule has 0 saturated carbocycles. The molecule has 1 aliphatic heterocycles. The summed E-state index contributed by atoms with van der Waals surface area (Å²) in [7, 11) is 0. The lowest BCUT2D eigenvalue weighted by atomic mass is 9.87. The number of benzene rings is 2. The number of carbonyl (C=O) groups excluding carboxylic acids is 3. The van der Waals surface area contributed by atoms with E-state index in [2.05, 4.69) is 10.6 Å². The third-order valence-corrected chi connectivity index (χ3v) is 5.07. The molecule has 1 heterocycles. The normalized spacial score (nSPS) is 18.7. The molecule has 0 radical (unpaired) electrons. The number of hydrogen-bond acceptors (Lipinski definition) is 3. The minimum atomic E-state index is -1.34. The van der Waals surface area contributed by atoms with Gasteiger partial charge in [0.2, 0.25) is 5.91 Å². The van der Waals surface area contributed by atoms with Crippen LogP contribution in [0.2, 0.25) is 0 Å². The molecule has 1 aliphatic rings. The summed E-state index contributed by atoms with van der Waals surface area (Å²) in [5.74, 6) is -1.97. The lowest BCUT2D eigenvalue weighted by Crippen LogP contribution is -2.44. The summed E-state index contributed by atoms with van der Waals surface area (Å²) in [5.41, 5.74) is 0.160. The van der Waals surface area contributed by atoms with Gasteiger partial charge in [-0.05, 0) is 48.2 Å². The van der Waals surface area contributed by atoms with Gasteiger partial charge in [-0.15, -0.1) is 0 Å². The van der Waals surface area contributed by atoms with E-state index in [-0.39, 0.29) is 18.8 Å². The number of urea groups is 1. The highest BCUT2D eigenvalue weighted by Gasteiger charge is 2.51. The van der Waals surface area contributed by atoms with Crippen LogP contribution in [0, 0.1) is 18.6 Å². The van der Waals surface area contributed by atoms with E-state index < -0.39 is 35.7 Å². The first-order chi connectivity index (χ1) is 13.8. The van der Waals surface area contributed by atoms with Crippen LogP contribution >= 0.6 is 0 Å². The number of nitrogens with zero attached hydrogens (tertiary/aromatic N) is 1. The van der Waals surface area contributed by atoms with Crippen molar-refractivity contribution in [2.24, 2.45) is 0 Å². The molecule has 152 valence electrons. The summed E-state index contributed by atoms with van der Waals surface area (Å²) >= 11 is 0. The number of carbonyl (C=O) groups is 3. The second-order valence-electron chi connectivity index (χ2n) is 6.95. The third-order valence-electron chi connectivity index (χ3n) is 5.07. The van der Waals surface area contributed by atoms with Crippen LogP contribution in [0.1, 0.15) is 30.0 Å². The van der Waals surface area contributed by atoms with Crippen molar-refractivity contribution in [2.75, 3.05) is 6.54 Å². The predicted molar refractivity (Wildman–Crippen MR) is 102 cm³/mol. The molecule has 1 saturated heterocycles. The molecule has 4 amide bonds. The lowest BCUT2D eigenvalue weighted by molar-refractivity contribution is -0.135. The Bertz CT molecular complexity index is 962. The Kier molecular flexibility index (Phi) is 5.63. The summed E-state index contributed by atoms with van der Waals surface area (Å²) in [6, 6.07) is 9.21. The third kappa shape index (κ3) is 3.96. The Hall–Kier alpha value is -3.29. The fourth-order valence-electron chi connectivity index (χ4n) is 3.29. The monoisotopic (exact) mass is 401 g/mol.